The Kier molecular flexibility index (Phi) is 5.82. The van der Waals surface area contributed by atoms with Gasteiger partial charge in [-0.3, -0.25) is 9.69 Å². The molecule has 144 valence electrons. The third-order valence-electron chi connectivity index (χ3n) is 5.67. The molecule has 0 bridgehead atoms. The van der Waals surface area contributed by atoms with Gasteiger partial charge in [-0.2, -0.15) is 0 Å². The normalized spacial score (nSPS) is 22.7. The standard InChI is InChI=1S/C22H28N2O3/c1-23(2)22(18-10-5-4-6-11-18)13-14-24(16-20(22)25)21(26)15-17-9-7-8-12-19(17)27-3/h4-12,20,25H,13-16H2,1-3H3/t20-,22+/m1/s1. The number of amides is 1. The second-order valence-corrected chi connectivity index (χ2v) is 7.28. The zero-order valence-corrected chi connectivity index (χ0v) is 16.3. The van der Waals surface area contributed by atoms with Crippen LogP contribution in [0.15, 0.2) is 54.6 Å². The Bertz CT molecular complexity index is 778. The lowest BCUT2D eigenvalue weighted by Crippen LogP contribution is -2.61. The molecule has 0 spiro atoms. The number of benzene rings is 2. The fraction of sp³-hybridized carbons (Fsp3) is 0.409. The van der Waals surface area contributed by atoms with Crippen molar-refractivity contribution in [3.63, 3.8) is 0 Å². The molecule has 1 amide bonds. The molecule has 1 heterocycles. The van der Waals surface area contributed by atoms with Gasteiger partial charge in [0.05, 0.1) is 25.2 Å². The van der Waals surface area contributed by atoms with Crippen LogP contribution >= 0.6 is 0 Å². The number of carbonyl (C=O) groups excluding carboxylic acids is 1. The molecule has 0 aromatic heterocycles. The van der Waals surface area contributed by atoms with Crippen molar-refractivity contribution in [3.05, 3.63) is 65.7 Å². The second-order valence-electron chi connectivity index (χ2n) is 7.28. The molecule has 1 saturated heterocycles. The minimum absolute atomic E-state index is 0.0129. The van der Waals surface area contributed by atoms with Crippen LogP contribution in [0, 0.1) is 0 Å². The Hall–Kier alpha value is -2.37. The molecule has 1 aliphatic heterocycles. The third kappa shape index (κ3) is 3.70. The fourth-order valence-corrected chi connectivity index (χ4v) is 4.12. The molecular formula is C22H28N2O3. The highest BCUT2D eigenvalue weighted by Gasteiger charge is 2.46. The number of β-amino-alcohol motifs (C(OH)–C–C–N with tert-alkyl or cyclic N) is 1. The van der Waals surface area contributed by atoms with Crippen LogP contribution in [0.5, 0.6) is 5.75 Å². The number of aliphatic hydroxyl groups is 1. The monoisotopic (exact) mass is 368 g/mol. The van der Waals surface area contributed by atoms with Gasteiger partial charge in [0.25, 0.3) is 0 Å². The van der Waals surface area contributed by atoms with Crippen molar-refractivity contribution in [2.45, 2.75) is 24.5 Å². The van der Waals surface area contributed by atoms with E-state index in [9.17, 15) is 9.90 Å². The molecule has 2 aromatic rings. The number of hydrogen-bond acceptors (Lipinski definition) is 4. The highest BCUT2D eigenvalue weighted by atomic mass is 16.5. The third-order valence-corrected chi connectivity index (χ3v) is 5.67. The van der Waals surface area contributed by atoms with E-state index in [1.807, 2.05) is 56.6 Å². The molecule has 1 fully saturated rings. The van der Waals surface area contributed by atoms with Crippen molar-refractivity contribution in [1.82, 2.24) is 9.80 Å². The van der Waals surface area contributed by atoms with E-state index in [1.165, 1.54) is 0 Å². The molecule has 3 rings (SSSR count). The van der Waals surface area contributed by atoms with Gasteiger partial charge >= 0.3 is 0 Å². The topological polar surface area (TPSA) is 53.0 Å². The molecule has 27 heavy (non-hydrogen) atoms. The number of ether oxygens (including phenoxy) is 1. The zero-order chi connectivity index (χ0) is 19.4. The van der Waals surface area contributed by atoms with E-state index in [0.717, 1.165) is 16.9 Å². The predicted molar refractivity (Wildman–Crippen MR) is 106 cm³/mol. The summed E-state index contributed by atoms with van der Waals surface area (Å²) in [5.74, 6) is 0.731. The summed E-state index contributed by atoms with van der Waals surface area (Å²) in [5, 5.41) is 11.1. The van der Waals surface area contributed by atoms with Crippen LogP contribution in [0.1, 0.15) is 17.5 Å². The summed E-state index contributed by atoms with van der Waals surface area (Å²) < 4.78 is 5.35. The molecule has 0 aliphatic carbocycles. The first-order valence-electron chi connectivity index (χ1n) is 9.29. The van der Waals surface area contributed by atoms with Crippen LogP contribution in [0.3, 0.4) is 0 Å². The summed E-state index contributed by atoms with van der Waals surface area (Å²) in [6.07, 6.45) is 0.296. The predicted octanol–water partition coefficient (Wildman–Crippen LogP) is 2.29. The molecule has 1 aliphatic rings. The Labute approximate surface area is 161 Å². The lowest BCUT2D eigenvalue weighted by Gasteiger charge is -2.49. The minimum Gasteiger partial charge on any atom is -0.496 e. The first kappa shape index (κ1) is 19.4. The molecule has 5 heteroatoms. The maximum absolute atomic E-state index is 12.8. The van der Waals surface area contributed by atoms with Gasteiger partial charge in [0.1, 0.15) is 5.75 Å². The van der Waals surface area contributed by atoms with Gasteiger partial charge in [0.15, 0.2) is 0 Å². The van der Waals surface area contributed by atoms with E-state index >= 15 is 0 Å². The van der Waals surface area contributed by atoms with Gasteiger partial charge < -0.3 is 14.7 Å². The fourth-order valence-electron chi connectivity index (χ4n) is 4.12. The van der Waals surface area contributed by atoms with E-state index < -0.39 is 11.6 Å². The Balaban J connectivity index is 1.76. The van der Waals surface area contributed by atoms with Crippen molar-refractivity contribution in [2.75, 3.05) is 34.3 Å². The molecule has 2 aromatic carbocycles. The van der Waals surface area contributed by atoms with Crippen LogP contribution in [0.25, 0.3) is 0 Å². The molecule has 0 radical (unpaired) electrons. The number of methoxy groups -OCH3 is 1. The number of likely N-dealkylation sites (tertiary alicyclic amines) is 1. The van der Waals surface area contributed by atoms with Crippen molar-refractivity contribution in [2.24, 2.45) is 0 Å². The average Bonchev–Trinajstić information content (AvgIpc) is 2.68. The van der Waals surface area contributed by atoms with Crippen molar-refractivity contribution >= 4 is 5.91 Å². The van der Waals surface area contributed by atoms with Crippen LogP contribution in [-0.4, -0.2) is 61.2 Å². The first-order valence-corrected chi connectivity index (χ1v) is 9.29. The Morgan fingerprint density at radius 3 is 2.48 bits per heavy atom. The smallest absolute Gasteiger partial charge is 0.227 e. The molecule has 2 atom stereocenters. The molecular weight excluding hydrogens is 340 g/mol. The molecule has 0 saturated carbocycles. The van der Waals surface area contributed by atoms with Crippen LogP contribution in [0.4, 0.5) is 0 Å². The number of rotatable bonds is 5. The molecule has 0 unspecified atom stereocenters. The summed E-state index contributed by atoms with van der Waals surface area (Å²) in [6.45, 7) is 0.930. The number of nitrogens with zero attached hydrogens (tertiary/aromatic N) is 2. The van der Waals surface area contributed by atoms with Crippen molar-refractivity contribution in [3.8, 4) is 5.75 Å². The lowest BCUT2D eigenvalue weighted by molar-refractivity contribution is -0.140. The lowest BCUT2D eigenvalue weighted by atomic mass is 9.77. The maximum atomic E-state index is 12.8. The van der Waals surface area contributed by atoms with Gasteiger partial charge in [-0.15, -0.1) is 0 Å². The van der Waals surface area contributed by atoms with E-state index in [1.54, 1.807) is 12.0 Å². The Morgan fingerprint density at radius 2 is 1.85 bits per heavy atom. The summed E-state index contributed by atoms with van der Waals surface area (Å²) >= 11 is 0. The van der Waals surface area contributed by atoms with E-state index in [-0.39, 0.29) is 12.3 Å². The first-order chi connectivity index (χ1) is 13.0. The number of likely N-dealkylation sites (N-methyl/N-ethyl adjacent to an activating group) is 1. The quantitative estimate of drug-likeness (QED) is 0.880. The van der Waals surface area contributed by atoms with Crippen molar-refractivity contribution in [1.29, 1.82) is 0 Å². The number of piperidine rings is 1. The van der Waals surface area contributed by atoms with Gasteiger partial charge in [0.2, 0.25) is 5.91 Å². The zero-order valence-electron chi connectivity index (χ0n) is 16.3. The van der Waals surface area contributed by atoms with Crippen molar-refractivity contribution < 1.29 is 14.6 Å². The minimum atomic E-state index is -0.662. The molecule has 1 N–H and O–H groups in total. The van der Waals surface area contributed by atoms with Gasteiger partial charge in [-0.05, 0) is 32.1 Å². The van der Waals surface area contributed by atoms with Gasteiger partial charge in [-0.1, -0.05) is 48.5 Å². The highest BCUT2D eigenvalue weighted by molar-refractivity contribution is 5.79. The number of carbonyl (C=O) groups is 1. The van der Waals surface area contributed by atoms with E-state index in [2.05, 4.69) is 17.0 Å². The van der Waals surface area contributed by atoms with Crippen LogP contribution in [0.2, 0.25) is 0 Å². The maximum Gasteiger partial charge on any atom is 0.227 e. The summed E-state index contributed by atoms with van der Waals surface area (Å²) in [5.41, 5.74) is 1.47. The van der Waals surface area contributed by atoms with Crippen LogP contribution < -0.4 is 4.74 Å². The van der Waals surface area contributed by atoms with Gasteiger partial charge in [0, 0.05) is 18.7 Å². The molecule has 5 nitrogen and oxygen atoms in total. The van der Waals surface area contributed by atoms with Gasteiger partial charge in [-0.25, -0.2) is 0 Å². The number of para-hydroxylation sites is 1. The average molecular weight is 368 g/mol. The summed E-state index contributed by atoms with van der Waals surface area (Å²) in [6, 6.07) is 17.6. The number of aliphatic hydroxyl groups excluding tert-OH is 1. The second kappa shape index (κ2) is 8.11. The highest BCUT2D eigenvalue weighted by Crippen LogP contribution is 2.37. The summed E-state index contributed by atoms with van der Waals surface area (Å²) in [4.78, 5) is 16.7. The SMILES string of the molecule is COc1ccccc1CC(=O)N1CC[C@@](c2ccccc2)(N(C)C)[C@H](O)C1. The largest absolute Gasteiger partial charge is 0.496 e. The van der Waals surface area contributed by atoms with Crippen LogP contribution in [-0.2, 0) is 16.8 Å². The van der Waals surface area contributed by atoms with E-state index in [4.69, 9.17) is 4.74 Å². The summed E-state index contributed by atoms with van der Waals surface area (Å²) in [7, 11) is 5.59. The number of hydrogen-bond donors (Lipinski definition) is 1. The van der Waals surface area contributed by atoms with E-state index in [0.29, 0.717) is 19.5 Å². The Morgan fingerprint density at radius 1 is 1.19 bits per heavy atom.